The van der Waals surface area contributed by atoms with Crippen LogP contribution in [0.3, 0.4) is 0 Å². The molecule has 0 atom stereocenters. The van der Waals surface area contributed by atoms with Gasteiger partial charge in [-0.1, -0.05) is 12.1 Å². The highest BCUT2D eigenvalue weighted by Crippen LogP contribution is 2.13. The zero-order valence-corrected chi connectivity index (χ0v) is 15.3. The number of ether oxygens (including phenoxy) is 2. The third-order valence-corrected chi connectivity index (χ3v) is 3.52. The van der Waals surface area contributed by atoms with Crippen LogP contribution in [0.2, 0.25) is 0 Å². The zero-order valence-electron chi connectivity index (χ0n) is 14.5. The van der Waals surface area contributed by atoms with Crippen molar-refractivity contribution in [3.05, 3.63) is 53.5 Å². The second kappa shape index (κ2) is 11.2. The number of esters is 1. The normalized spacial score (nSPS) is 9.92. The number of halogens is 1. The van der Waals surface area contributed by atoms with E-state index in [1.165, 1.54) is 13.4 Å². The first-order chi connectivity index (χ1) is 12.1. The number of benzene rings is 1. The summed E-state index contributed by atoms with van der Waals surface area (Å²) in [5.74, 6) is 0.818. The molecule has 8 heteroatoms. The summed E-state index contributed by atoms with van der Waals surface area (Å²) < 4.78 is 15.2. The molecule has 0 aliphatic heterocycles. The van der Waals surface area contributed by atoms with E-state index in [4.69, 9.17) is 14.9 Å². The summed E-state index contributed by atoms with van der Waals surface area (Å²) in [5.41, 5.74) is 6.84. The minimum atomic E-state index is -0.245. The largest absolute Gasteiger partial charge is 0.494 e. The Kier molecular flexibility index (Phi) is 9.25. The van der Waals surface area contributed by atoms with Crippen LogP contribution >= 0.6 is 12.4 Å². The number of methoxy groups -OCH3 is 1. The van der Waals surface area contributed by atoms with Crippen molar-refractivity contribution in [3.8, 4) is 5.75 Å². The number of hydrogen-bond acceptors (Lipinski definition) is 6. The number of amides is 1. The molecule has 0 bridgehead atoms. The third-order valence-electron chi connectivity index (χ3n) is 3.52. The first-order valence-corrected chi connectivity index (χ1v) is 7.96. The van der Waals surface area contributed by atoms with E-state index in [0.29, 0.717) is 43.1 Å². The Morgan fingerprint density at radius 2 is 1.96 bits per heavy atom. The van der Waals surface area contributed by atoms with E-state index >= 15 is 0 Å². The molecule has 0 fully saturated rings. The van der Waals surface area contributed by atoms with Crippen LogP contribution in [0.15, 0.2) is 41.0 Å². The molecular formula is C18H23ClN2O5. The van der Waals surface area contributed by atoms with Crippen LogP contribution in [0.5, 0.6) is 5.75 Å². The smallest absolute Gasteiger partial charge is 0.305 e. The van der Waals surface area contributed by atoms with E-state index in [-0.39, 0.29) is 30.8 Å². The Morgan fingerprint density at radius 3 is 2.58 bits per heavy atom. The van der Waals surface area contributed by atoms with Crippen molar-refractivity contribution in [1.82, 2.24) is 5.32 Å². The van der Waals surface area contributed by atoms with Crippen molar-refractivity contribution >= 4 is 24.3 Å². The Labute approximate surface area is 158 Å². The van der Waals surface area contributed by atoms with Gasteiger partial charge in [0.25, 0.3) is 5.91 Å². The van der Waals surface area contributed by atoms with E-state index < -0.39 is 0 Å². The molecule has 0 saturated heterocycles. The molecule has 26 heavy (non-hydrogen) atoms. The molecule has 2 aromatic rings. The van der Waals surface area contributed by atoms with Gasteiger partial charge in [0, 0.05) is 13.0 Å². The average Bonchev–Trinajstić information content (AvgIpc) is 3.13. The van der Waals surface area contributed by atoms with Crippen LogP contribution in [0.1, 0.15) is 34.5 Å². The Morgan fingerprint density at radius 1 is 1.23 bits per heavy atom. The number of hydrogen-bond donors (Lipinski definition) is 2. The van der Waals surface area contributed by atoms with Gasteiger partial charge in [-0.25, -0.2) is 0 Å². The van der Waals surface area contributed by atoms with Crippen LogP contribution in [-0.4, -0.2) is 25.6 Å². The average molecular weight is 383 g/mol. The highest BCUT2D eigenvalue weighted by molar-refractivity contribution is 5.93. The van der Waals surface area contributed by atoms with Gasteiger partial charge in [0.15, 0.2) is 0 Å². The van der Waals surface area contributed by atoms with E-state index in [1.807, 2.05) is 24.3 Å². The number of rotatable bonds is 9. The molecule has 0 unspecified atom stereocenters. The number of furan rings is 1. The zero-order chi connectivity index (χ0) is 18.1. The Bertz CT molecular complexity index is 700. The maximum absolute atomic E-state index is 12.0. The van der Waals surface area contributed by atoms with Crippen molar-refractivity contribution in [3.63, 3.8) is 0 Å². The number of nitrogens with two attached hydrogens (primary N) is 1. The van der Waals surface area contributed by atoms with E-state index in [1.54, 1.807) is 6.07 Å². The van der Waals surface area contributed by atoms with Gasteiger partial charge in [0.05, 0.1) is 25.8 Å². The molecule has 142 valence electrons. The number of nitrogens with one attached hydrogen (secondary N) is 1. The summed E-state index contributed by atoms with van der Waals surface area (Å²) in [4.78, 5) is 23.0. The van der Waals surface area contributed by atoms with Gasteiger partial charge in [-0.2, -0.15) is 0 Å². The lowest BCUT2D eigenvalue weighted by atomic mass is 10.2. The van der Waals surface area contributed by atoms with Gasteiger partial charge in [-0.05, 0) is 30.2 Å². The molecule has 1 heterocycles. The summed E-state index contributed by atoms with van der Waals surface area (Å²) in [6.45, 7) is 1.09. The first-order valence-electron chi connectivity index (χ1n) is 7.96. The predicted molar refractivity (Wildman–Crippen MR) is 98.2 cm³/mol. The van der Waals surface area contributed by atoms with Gasteiger partial charge >= 0.3 is 5.97 Å². The van der Waals surface area contributed by atoms with Gasteiger partial charge in [-0.3, -0.25) is 9.59 Å². The van der Waals surface area contributed by atoms with Crippen LogP contribution in [-0.2, 0) is 22.6 Å². The van der Waals surface area contributed by atoms with Crippen LogP contribution in [0.25, 0.3) is 0 Å². The van der Waals surface area contributed by atoms with E-state index in [2.05, 4.69) is 10.1 Å². The number of carbonyl (C=O) groups excluding carboxylic acids is 2. The standard InChI is InChI=1S/C18H22N2O5.ClH/c1-23-17(21)3-2-8-24-15-6-4-13(5-7-15)11-20-18(22)14-9-16(10-19)25-12-14;/h4-7,9,12H,2-3,8,10-11,19H2,1H3,(H,20,22);1H. The fourth-order valence-electron chi connectivity index (χ4n) is 2.10. The topological polar surface area (TPSA) is 104 Å². The second-order valence-electron chi connectivity index (χ2n) is 5.36. The fraction of sp³-hybridized carbons (Fsp3) is 0.333. The Hall–Kier alpha value is -2.51. The maximum Gasteiger partial charge on any atom is 0.305 e. The highest BCUT2D eigenvalue weighted by atomic mass is 35.5. The minimum absolute atomic E-state index is 0. The number of carbonyl (C=O) groups is 2. The Balaban J connectivity index is 0.00000338. The van der Waals surface area contributed by atoms with Crippen molar-refractivity contribution in [2.45, 2.75) is 25.9 Å². The second-order valence-corrected chi connectivity index (χ2v) is 5.36. The summed E-state index contributed by atoms with van der Waals surface area (Å²) in [5, 5.41) is 2.81. The van der Waals surface area contributed by atoms with Crippen molar-refractivity contribution < 1.29 is 23.5 Å². The van der Waals surface area contributed by atoms with Gasteiger partial charge in [0.1, 0.15) is 17.8 Å². The van der Waals surface area contributed by atoms with Crippen molar-refractivity contribution in [2.24, 2.45) is 5.73 Å². The van der Waals surface area contributed by atoms with E-state index in [9.17, 15) is 9.59 Å². The molecule has 0 aliphatic carbocycles. The summed E-state index contributed by atoms with van der Waals surface area (Å²) in [6, 6.07) is 9.02. The molecule has 0 radical (unpaired) electrons. The fourth-order valence-corrected chi connectivity index (χ4v) is 2.10. The lowest BCUT2D eigenvalue weighted by Gasteiger charge is -2.07. The molecule has 3 N–H and O–H groups in total. The van der Waals surface area contributed by atoms with Crippen molar-refractivity contribution in [2.75, 3.05) is 13.7 Å². The van der Waals surface area contributed by atoms with Gasteiger partial charge in [-0.15, -0.1) is 12.4 Å². The summed E-state index contributed by atoms with van der Waals surface area (Å²) in [6.07, 6.45) is 2.32. The molecule has 2 rings (SSSR count). The van der Waals surface area contributed by atoms with Gasteiger partial charge in [0.2, 0.25) is 0 Å². The molecule has 0 saturated carbocycles. The molecule has 1 amide bonds. The van der Waals surface area contributed by atoms with Crippen LogP contribution in [0, 0.1) is 0 Å². The molecular weight excluding hydrogens is 360 g/mol. The highest BCUT2D eigenvalue weighted by Gasteiger charge is 2.09. The molecule has 1 aromatic heterocycles. The van der Waals surface area contributed by atoms with Crippen molar-refractivity contribution in [1.29, 1.82) is 0 Å². The first kappa shape index (κ1) is 21.5. The minimum Gasteiger partial charge on any atom is -0.494 e. The molecule has 1 aromatic carbocycles. The summed E-state index contributed by atoms with van der Waals surface area (Å²) in [7, 11) is 1.37. The summed E-state index contributed by atoms with van der Waals surface area (Å²) >= 11 is 0. The lowest BCUT2D eigenvalue weighted by Crippen LogP contribution is -2.22. The van der Waals surface area contributed by atoms with E-state index in [0.717, 1.165) is 5.56 Å². The quantitative estimate of drug-likeness (QED) is 0.510. The molecule has 7 nitrogen and oxygen atoms in total. The van der Waals surface area contributed by atoms with Crippen LogP contribution in [0.4, 0.5) is 0 Å². The lowest BCUT2D eigenvalue weighted by molar-refractivity contribution is -0.140. The maximum atomic E-state index is 12.0. The molecule has 0 aliphatic rings. The van der Waals surface area contributed by atoms with Crippen LogP contribution < -0.4 is 15.8 Å². The van der Waals surface area contributed by atoms with Gasteiger partial charge < -0.3 is 24.9 Å². The third kappa shape index (κ3) is 6.78. The SMILES string of the molecule is COC(=O)CCCOc1ccc(CNC(=O)c2coc(CN)c2)cc1.Cl. The molecule has 0 spiro atoms. The predicted octanol–water partition coefficient (Wildman–Crippen LogP) is 2.42. The monoisotopic (exact) mass is 382 g/mol.